The number of aryl methyl sites for hydroxylation is 2. The lowest BCUT2D eigenvalue weighted by Crippen LogP contribution is -2.29. The molecule has 2 aliphatic heterocycles. The summed E-state index contributed by atoms with van der Waals surface area (Å²) in [6.07, 6.45) is 5.38. The molecule has 0 amide bonds. The third-order valence-corrected chi connectivity index (χ3v) is 6.19. The van der Waals surface area contributed by atoms with E-state index in [9.17, 15) is 4.39 Å². The average molecular weight is 426 g/mol. The molecule has 0 radical (unpaired) electrons. The first-order chi connectivity index (χ1) is 13.2. The molecule has 0 saturated heterocycles. The second-order valence-corrected chi connectivity index (χ2v) is 8.35. The third-order valence-electron chi connectivity index (χ3n) is 5.67. The maximum atomic E-state index is 13.9. The molecule has 0 atom stereocenters. The van der Waals surface area contributed by atoms with E-state index in [1.807, 2.05) is 0 Å². The van der Waals surface area contributed by atoms with Gasteiger partial charge in [-0.25, -0.2) is 9.37 Å². The first-order valence-electron chi connectivity index (χ1n) is 9.52. The molecule has 0 aliphatic carbocycles. The van der Waals surface area contributed by atoms with Gasteiger partial charge in [0.15, 0.2) is 0 Å². The number of aromatic nitrogens is 2. The number of nitrogens with zero attached hydrogens (tertiary/aromatic N) is 3. The maximum absolute atomic E-state index is 13.9. The molecule has 0 fully saturated rings. The number of imidazole rings is 1. The van der Waals surface area contributed by atoms with E-state index >= 15 is 0 Å². The Kier molecular flexibility index (Phi) is 4.37. The third kappa shape index (κ3) is 3.23. The minimum absolute atomic E-state index is 0.171. The van der Waals surface area contributed by atoms with E-state index in [0.717, 1.165) is 72.3 Å². The number of hydrogen-bond acceptors (Lipinski definition) is 2. The molecule has 0 spiro atoms. The summed E-state index contributed by atoms with van der Waals surface area (Å²) in [5, 5.41) is 0. The Morgan fingerprint density at radius 3 is 2.70 bits per heavy atom. The van der Waals surface area contributed by atoms with Crippen molar-refractivity contribution < 1.29 is 4.39 Å². The number of benzene rings is 2. The fourth-order valence-electron chi connectivity index (χ4n) is 4.33. The van der Waals surface area contributed by atoms with Crippen LogP contribution in [0.5, 0.6) is 0 Å². The zero-order valence-corrected chi connectivity index (χ0v) is 16.7. The quantitative estimate of drug-likeness (QED) is 0.576. The van der Waals surface area contributed by atoms with Crippen molar-refractivity contribution in [1.29, 1.82) is 0 Å². The van der Waals surface area contributed by atoms with Crippen molar-refractivity contribution in [3.05, 3.63) is 69.7 Å². The highest BCUT2D eigenvalue weighted by Crippen LogP contribution is 2.29. The highest BCUT2D eigenvalue weighted by molar-refractivity contribution is 9.10. The summed E-state index contributed by atoms with van der Waals surface area (Å²) in [6.45, 7) is 3.75. The molecule has 0 N–H and O–H groups in total. The van der Waals surface area contributed by atoms with Crippen molar-refractivity contribution in [2.45, 2.75) is 32.4 Å². The van der Waals surface area contributed by atoms with Crippen molar-refractivity contribution in [3.8, 4) is 0 Å². The topological polar surface area (TPSA) is 21.1 Å². The molecule has 2 aromatic carbocycles. The van der Waals surface area contributed by atoms with E-state index < -0.39 is 0 Å². The Hall–Kier alpha value is -1.98. The minimum atomic E-state index is -0.171. The first kappa shape index (κ1) is 17.1. The van der Waals surface area contributed by atoms with Crippen LogP contribution in [0.3, 0.4) is 0 Å². The highest BCUT2D eigenvalue weighted by Gasteiger charge is 2.21. The van der Waals surface area contributed by atoms with E-state index in [4.69, 9.17) is 4.98 Å². The smallest absolute Gasteiger partial charge is 0.125 e. The average Bonchev–Trinajstić information content (AvgIpc) is 3.02. The Morgan fingerprint density at radius 2 is 1.93 bits per heavy atom. The molecule has 0 saturated carbocycles. The zero-order chi connectivity index (χ0) is 18.4. The SMILES string of the molecule is Fc1cc2c3c(c1)nc(CN1CC=C(c4ccc(Br)cc4)CC1)n3CCC2. The standard InChI is InChI=1S/C22H21BrFN3/c23-18-5-3-15(4-6-18)16-7-10-26(11-8-16)14-21-25-20-13-19(24)12-17-2-1-9-27(21)22(17)20/h3-7,12-13H,1-2,8-11,14H2. The number of hydrogen-bond donors (Lipinski definition) is 0. The molecule has 5 heteroatoms. The Bertz CT molecular complexity index is 1040. The summed E-state index contributed by atoms with van der Waals surface area (Å²) in [5.74, 6) is 0.896. The molecule has 138 valence electrons. The fourth-order valence-corrected chi connectivity index (χ4v) is 4.59. The van der Waals surface area contributed by atoms with Gasteiger partial charge in [0.2, 0.25) is 0 Å². The van der Waals surface area contributed by atoms with Crippen LogP contribution in [0, 0.1) is 5.82 Å². The van der Waals surface area contributed by atoms with Gasteiger partial charge in [0.1, 0.15) is 11.6 Å². The van der Waals surface area contributed by atoms with Gasteiger partial charge in [-0.3, -0.25) is 4.90 Å². The lowest BCUT2D eigenvalue weighted by atomic mass is 9.99. The van der Waals surface area contributed by atoms with Gasteiger partial charge in [0, 0.05) is 30.2 Å². The minimum Gasteiger partial charge on any atom is -0.327 e. The van der Waals surface area contributed by atoms with Gasteiger partial charge in [-0.2, -0.15) is 0 Å². The predicted molar refractivity (Wildman–Crippen MR) is 110 cm³/mol. The zero-order valence-electron chi connectivity index (χ0n) is 15.1. The van der Waals surface area contributed by atoms with E-state index in [1.165, 1.54) is 11.1 Å². The molecule has 27 heavy (non-hydrogen) atoms. The van der Waals surface area contributed by atoms with Crippen molar-refractivity contribution in [1.82, 2.24) is 14.5 Å². The Morgan fingerprint density at radius 1 is 1.07 bits per heavy atom. The molecular weight excluding hydrogens is 405 g/mol. The van der Waals surface area contributed by atoms with Gasteiger partial charge in [0.05, 0.1) is 17.6 Å². The molecule has 0 unspecified atom stereocenters. The lowest BCUT2D eigenvalue weighted by Gasteiger charge is -2.27. The summed E-state index contributed by atoms with van der Waals surface area (Å²) in [6, 6.07) is 11.8. The predicted octanol–water partition coefficient (Wildman–Crippen LogP) is 5.17. The van der Waals surface area contributed by atoms with Gasteiger partial charge in [-0.1, -0.05) is 34.1 Å². The van der Waals surface area contributed by atoms with Crippen molar-refractivity contribution in [3.63, 3.8) is 0 Å². The van der Waals surface area contributed by atoms with Crippen molar-refractivity contribution in [2.24, 2.45) is 0 Å². The van der Waals surface area contributed by atoms with Gasteiger partial charge in [-0.05, 0) is 54.2 Å². The van der Waals surface area contributed by atoms with Crippen LogP contribution in [0.25, 0.3) is 16.6 Å². The fraction of sp³-hybridized carbons (Fsp3) is 0.318. The second-order valence-electron chi connectivity index (χ2n) is 7.44. The van der Waals surface area contributed by atoms with Crippen LogP contribution < -0.4 is 0 Å². The van der Waals surface area contributed by atoms with Gasteiger partial charge in [-0.15, -0.1) is 0 Å². The summed E-state index contributed by atoms with van der Waals surface area (Å²) >= 11 is 3.50. The molecule has 3 nitrogen and oxygen atoms in total. The van der Waals surface area contributed by atoms with E-state index in [1.54, 1.807) is 12.1 Å². The Labute approximate surface area is 166 Å². The molecular formula is C22H21BrFN3. The molecule has 1 aromatic heterocycles. The molecule has 3 heterocycles. The summed E-state index contributed by atoms with van der Waals surface area (Å²) in [5.41, 5.74) is 5.77. The van der Waals surface area contributed by atoms with Gasteiger partial charge in [0.25, 0.3) is 0 Å². The van der Waals surface area contributed by atoms with E-state index in [0.29, 0.717) is 0 Å². The number of rotatable bonds is 3. The number of halogens is 2. The largest absolute Gasteiger partial charge is 0.327 e. The lowest BCUT2D eigenvalue weighted by molar-refractivity contribution is 0.281. The van der Waals surface area contributed by atoms with Crippen LogP contribution in [-0.2, 0) is 19.5 Å². The van der Waals surface area contributed by atoms with Crippen molar-refractivity contribution >= 4 is 32.5 Å². The van der Waals surface area contributed by atoms with Crippen LogP contribution >= 0.6 is 15.9 Å². The highest BCUT2D eigenvalue weighted by atomic mass is 79.9. The summed E-state index contributed by atoms with van der Waals surface area (Å²) < 4.78 is 17.3. The summed E-state index contributed by atoms with van der Waals surface area (Å²) in [7, 11) is 0. The van der Waals surface area contributed by atoms with Crippen LogP contribution in [0.4, 0.5) is 4.39 Å². The first-order valence-corrected chi connectivity index (χ1v) is 10.3. The van der Waals surface area contributed by atoms with E-state index in [-0.39, 0.29) is 5.82 Å². The van der Waals surface area contributed by atoms with E-state index in [2.05, 4.69) is 55.7 Å². The van der Waals surface area contributed by atoms with Crippen LogP contribution in [0.15, 0.2) is 46.9 Å². The van der Waals surface area contributed by atoms with Gasteiger partial charge < -0.3 is 4.57 Å². The normalized spacial score (nSPS) is 17.3. The summed E-state index contributed by atoms with van der Waals surface area (Å²) in [4.78, 5) is 7.21. The second kappa shape index (κ2) is 6.88. The monoisotopic (exact) mass is 425 g/mol. The maximum Gasteiger partial charge on any atom is 0.125 e. The molecule has 2 aliphatic rings. The van der Waals surface area contributed by atoms with Crippen LogP contribution in [0.1, 0.15) is 29.8 Å². The van der Waals surface area contributed by atoms with Gasteiger partial charge >= 0.3 is 0 Å². The Balaban J connectivity index is 1.38. The van der Waals surface area contributed by atoms with Crippen LogP contribution in [-0.4, -0.2) is 27.5 Å². The molecule has 3 aromatic rings. The van der Waals surface area contributed by atoms with Crippen molar-refractivity contribution in [2.75, 3.05) is 13.1 Å². The molecule has 5 rings (SSSR count). The molecule has 0 bridgehead atoms. The van der Waals surface area contributed by atoms with Crippen LogP contribution in [0.2, 0.25) is 0 Å².